The normalized spacial score (nSPS) is 24.9. The second kappa shape index (κ2) is 8.80. The van der Waals surface area contributed by atoms with Crippen LogP contribution in [0.2, 0.25) is 10.0 Å². The Morgan fingerprint density at radius 3 is 2.32 bits per heavy atom. The second-order valence-corrected chi connectivity index (χ2v) is 11.2. The third kappa shape index (κ3) is 3.93. The van der Waals surface area contributed by atoms with Crippen LogP contribution < -0.4 is 10.6 Å². The van der Waals surface area contributed by atoms with Crippen LogP contribution in [0.4, 0.5) is 18.9 Å². The van der Waals surface area contributed by atoms with Gasteiger partial charge in [0.1, 0.15) is 0 Å². The second-order valence-electron chi connectivity index (χ2n) is 9.12. The van der Waals surface area contributed by atoms with Crippen molar-refractivity contribution in [3.8, 4) is 0 Å². The van der Waals surface area contributed by atoms with E-state index in [0.29, 0.717) is 16.4 Å². The largest absolute Gasteiger partial charge is 0.416 e. The van der Waals surface area contributed by atoms with Crippen molar-refractivity contribution < 1.29 is 23.1 Å². The lowest BCUT2D eigenvalue weighted by Crippen LogP contribution is -2.58. The zero-order chi connectivity index (χ0) is 25.2. The molecule has 0 bridgehead atoms. The Bertz CT molecular complexity index is 1150. The SMILES string of the molecule is CCC(N)(CC)C1CC(N2C(=O)C(O)(c3ccc(Cl)cc3Cl)c3c2cc(I)cc3C(F)(F)F)C1. The first-order valence-electron chi connectivity index (χ1n) is 11.0. The minimum Gasteiger partial charge on any atom is -0.372 e. The number of halogens is 6. The molecule has 1 saturated carbocycles. The average molecular weight is 627 g/mol. The fraction of sp³-hybridized carbons (Fsp3) is 0.458. The fourth-order valence-electron chi connectivity index (χ4n) is 5.27. The number of rotatable bonds is 5. The molecule has 1 amide bonds. The molecule has 34 heavy (non-hydrogen) atoms. The number of carbonyl (C=O) groups excluding carboxylic acids is 1. The topological polar surface area (TPSA) is 66.6 Å². The van der Waals surface area contributed by atoms with E-state index >= 15 is 0 Å². The van der Waals surface area contributed by atoms with E-state index in [0.717, 1.165) is 18.9 Å². The molecule has 10 heteroatoms. The molecule has 1 atom stereocenters. The van der Waals surface area contributed by atoms with Gasteiger partial charge < -0.3 is 15.7 Å². The van der Waals surface area contributed by atoms with Crippen LogP contribution in [-0.4, -0.2) is 22.6 Å². The molecule has 0 spiro atoms. The van der Waals surface area contributed by atoms with Crippen LogP contribution in [0.15, 0.2) is 30.3 Å². The fourth-order valence-corrected chi connectivity index (χ4v) is 6.42. The van der Waals surface area contributed by atoms with Gasteiger partial charge in [0.25, 0.3) is 5.91 Å². The quantitative estimate of drug-likeness (QED) is 0.373. The van der Waals surface area contributed by atoms with Crippen molar-refractivity contribution in [1.29, 1.82) is 0 Å². The number of amides is 1. The molecule has 1 aliphatic carbocycles. The zero-order valence-electron chi connectivity index (χ0n) is 18.5. The Morgan fingerprint density at radius 1 is 1.18 bits per heavy atom. The molecule has 184 valence electrons. The molecule has 0 radical (unpaired) electrons. The number of fused-ring (bicyclic) bond motifs is 1. The van der Waals surface area contributed by atoms with E-state index in [9.17, 15) is 23.1 Å². The van der Waals surface area contributed by atoms with Crippen molar-refractivity contribution in [1.82, 2.24) is 0 Å². The van der Waals surface area contributed by atoms with Crippen molar-refractivity contribution in [3.63, 3.8) is 0 Å². The predicted octanol–water partition coefficient (Wildman–Crippen LogP) is 6.50. The molecular formula is C24H24Cl2F3IN2O2. The first-order chi connectivity index (χ1) is 15.8. The van der Waals surface area contributed by atoms with E-state index in [4.69, 9.17) is 28.9 Å². The molecular weight excluding hydrogens is 603 g/mol. The standard InChI is InChI=1S/C24H24Cl2F3IN2O2/c1-3-22(31,4-2)12-7-15(8-12)32-19-11-14(30)10-17(24(27,28)29)20(19)23(34,21(32)33)16-6-5-13(25)9-18(16)26/h5-6,9-12,15,34H,3-4,7-8,31H2,1-2H3. The summed E-state index contributed by atoms with van der Waals surface area (Å²) in [4.78, 5) is 15.1. The van der Waals surface area contributed by atoms with Crippen LogP contribution in [0.3, 0.4) is 0 Å². The number of nitrogens with zero attached hydrogens (tertiary/aromatic N) is 1. The predicted molar refractivity (Wildman–Crippen MR) is 135 cm³/mol. The first-order valence-corrected chi connectivity index (χ1v) is 12.8. The lowest BCUT2D eigenvalue weighted by molar-refractivity contribution is -0.142. The molecule has 1 fully saturated rings. The number of anilines is 1. The zero-order valence-corrected chi connectivity index (χ0v) is 22.2. The van der Waals surface area contributed by atoms with Crippen molar-refractivity contribution in [3.05, 3.63) is 60.6 Å². The number of benzene rings is 2. The summed E-state index contributed by atoms with van der Waals surface area (Å²) in [6.07, 6.45) is -2.20. The van der Waals surface area contributed by atoms with E-state index in [1.54, 1.807) is 22.6 Å². The molecule has 1 aliphatic heterocycles. The van der Waals surface area contributed by atoms with Gasteiger partial charge in [-0.1, -0.05) is 43.1 Å². The monoisotopic (exact) mass is 626 g/mol. The van der Waals surface area contributed by atoms with Gasteiger partial charge in [0.05, 0.1) is 11.3 Å². The van der Waals surface area contributed by atoms with Crippen LogP contribution in [0.25, 0.3) is 0 Å². The van der Waals surface area contributed by atoms with Gasteiger partial charge in [-0.25, -0.2) is 0 Å². The minimum atomic E-state index is -4.80. The smallest absolute Gasteiger partial charge is 0.372 e. The van der Waals surface area contributed by atoms with Gasteiger partial charge in [0.15, 0.2) is 5.60 Å². The summed E-state index contributed by atoms with van der Waals surface area (Å²) in [5, 5.41) is 11.9. The van der Waals surface area contributed by atoms with E-state index < -0.39 is 34.4 Å². The van der Waals surface area contributed by atoms with Gasteiger partial charge in [-0.05, 0) is 78.5 Å². The average Bonchev–Trinajstić information content (AvgIpc) is 2.93. The van der Waals surface area contributed by atoms with E-state index in [1.807, 2.05) is 13.8 Å². The highest BCUT2D eigenvalue weighted by Crippen LogP contribution is 2.55. The molecule has 4 rings (SSSR count). The summed E-state index contributed by atoms with van der Waals surface area (Å²) >= 11 is 14.1. The van der Waals surface area contributed by atoms with Crippen LogP contribution >= 0.6 is 45.8 Å². The van der Waals surface area contributed by atoms with Crippen molar-refractivity contribution >= 4 is 57.4 Å². The Kier molecular flexibility index (Phi) is 6.73. The lowest BCUT2D eigenvalue weighted by Gasteiger charge is -2.49. The summed E-state index contributed by atoms with van der Waals surface area (Å²) < 4.78 is 42.9. The maximum absolute atomic E-state index is 14.2. The third-order valence-corrected chi connectivity index (χ3v) is 8.64. The highest BCUT2D eigenvalue weighted by atomic mass is 127. The van der Waals surface area contributed by atoms with E-state index in [2.05, 4.69) is 0 Å². The van der Waals surface area contributed by atoms with E-state index in [-0.39, 0.29) is 33.3 Å². The lowest BCUT2D eigenvalue weighted by atomic mass is 9.65. The Morgan fingerprint density at radius 2 is 1.79 bits per heavy atom. The summed E-state index contributed by atoms with van der Waals surface area (Å²) in [6.45, 7) is 4.01. The summed E-state index contributed by atoms with van der Waals surface area (Å²) in [6, 6.07) is 6.06. The maximum atomic E-state index is 14.2. The van der Waals surface area contributed by atoms with Gasteiger partial charge >= 0.3 is 6.18 Å². The first kappa shape index (κ1) is 26.0. The highest BCUT2D eigenvalue weighted by Gasteiger charge is 2.59. The van der Waals surface area contributed by atoms with Gasteiger partial charge in [-0.3, -0.25) is 4.79 Å². The number of nitrogens with two attached hydrogens (primary N) is 1. The van der Waals surface area contributed by atoms with Gasteiger partial charge in [-0.2, -0.15) is 13.2 Å². The molecule has 2 aromatic carbocycles. The van der Waals surface area contributed by atoms with Crippen molar-refractivity contribution in [2.45, 2.75) is 62.9 Å². The maximum Gasteiger partial charge on any atom is 0.416 e. The molecule has 0 saturated heterocycles. The van der Waals surface area contributed by atoms with Gasteiger partial charge in [0.2, 0.25) is 0 Å². The van der Waals surface area contributed by atoms with Crippen LogP contribution in [0.1, 0.15) is 56.2 Å². The van der Waals surface area contributed by atoms with Crippen LogP contribution in [-0.2, 0) is 16.6 Å². The molecule has 0 aromatic heterocycles. The number of carbonyl (C=O) groups is 1. The van der Waals surface area contributed by atoms with Crippen LogP contribution in [0.5, 0.6) is 0 Å². The molecule has 1 heterocycles. The third-order valence-electron chi connectivity index (χ3n) is 7.47. The molecule has 2 aliphatic rings. The summed E-state index contributed by atoms with van der Waals surface area (Å²) in [5.74, 6) is -0.722. The van der Waals surface area contributed by atoms with E-state index in [1.165, 1.54) is 29.2 Å². The van der Waals surface area contributed by atoms with Crippen molar-refractivity contribution in [2.75, 3.05) is 4.90 Å². The minimum absolute atomic E-state index is 0.0526. The molecule has 3 N–H and O–H groups in total. The van der Waals surface area contributed by atoms with Gasteiger partial charge in [-0.15, -0.1) is 0 Å². The number of hydrogen-bond acceptors (Lipinski definition) is 3. The van der Waals surface area contributed by atoms with Crippen molar-refractivity contribution in [2.24, 2.45) is 11.7 Å². The summed E-state index contributed by atoms with van der Waals surface area (Å²) in [5.41, 5.74) is 1.89. The molecule has 2 aromatic rings. The molecule has 1 unspecified atom stereocenters. The summed E-state index contributed by atoms with van der Waals surface area (Å²) in [7, 11) is 0. The Balaban J connectivity index is 1.89. The Labute approximate surface area is 219 Å². The number of alkyl halides is 3. The number of aliphatic hydroxyl groups is 1. The number of hydrogen-bond donors (Lipinski definition) is 2. The van der Waals surface area contributed by atoms with Crippen LogP contribution in [0, 0.1) is 9.49 Å². The Hall–Kier alpha value is -1.07. The van der Waals surface area contributed by atoms with Gasteiger partial charge in [0, 0.05) is 36.3 Å². The molecule has 4 nitrogen and oxygen atoms in total. The highest BCUT2D eigenvalue weighted by molar-refractivity contribution is 14.1.